The summed E-state index contributed by atoms with van der Waals surface area (Å²) in [6.07, 6.45) is 1.01. The lowest BCUT2D eigenvalue weighted by Crippen LogP contribution is -2.38. The molecule has 5 rings (SSSR count). The highest BCUT2D eigenvalue weighted by Gasteiger charge is 2.37. The molecule has 1 fully saturated rings. The topological polar surface area (TPSA) is 118 Å². The Labute approximate surface area is 231 Å². The molecule has 1 atom stereocenters. The molecule has 3 aromatic heterocycles. The lowest BCUT2D eigenvalue weighted by molar-refractivity contribution is -0.138. The van der Waals surface area contributed by atoms with Crippen molar-refractivity contribution in [1.82, 2.24) is 24.7 Å². The molecule has 0 radical (unpaired) electrons. The number of rotatable bonds is 9. The molecular formula is C27H27F4N7O3. The second-order valence-corrected chi connectivity index (χ2v) is 9.83. The van der Waals surface area contributed by atoms with Crippen LogP contribution in [-0.2, 0) is 12.7 Å². The minimum Gasteiger partial charge on any atom is -0.491 e. The normalized spacial score (nSPS) is 14.1. The Hall–Kier alpha value is -4.49. The molecule has 0 amide bonds. The molecule has 1 aliphatic rings. The number of benzene rings is 1. The van der Waals surface area contributed by atoms with Crippen molar-refractivity contribution in [1.29, 1.82) is 0 Å². The largest absolute Gasteiger partial charge is 0.491 e. The van der Waals surface area contributed by atoms with Gasteiger partial charge in [-0.15, -0.1) is 0 Å². The number of nitrogens with one attached hydrogen (secondary N) is 2. The Kier molecular flexibility index (Phi) is 7.65. The van der Waals surface area contributed by atoms with Gasteiger partial charge in [0.05, 0.1) is 36.1 Å². The van der Waals surface area contributed by atoms with Gasteiger partial charge in [0.2, 0.25) is 0 Å². The van der Waals surface area contributed by atoms with Crippen LogP contribution in [0.1, 0.15) is 31.7 Å². The molecule has 0 spiro atoms. The van der Waals surface area contributed by atoms with E-state index < -0.39 is 40.4 Å². The van der Waals surface area contributed by atoms with E-state index >= 15 is 4.39 Å². The van der Waals surface area contributed by atoms with E-state index in [2.05, 4.69) is 20.4 Å². The third-order valence-electron chi connectivity index (χ3n) is 6.99. The zero-order chi connectivity index (χ0) is 29.3. The van der Waals surface area contributed by atoms with Crippen LogP contribution in [0.5, 0.6) is 5.75 Å². The summed E-state index contributed by atoms with van der Waals surface area (Å²) in [6.45, 7) is 3.55. The quantitative estimate of drug-likeness (QED) is 0.286. The highest BCUT2D eigenvalue weighted by molar-refractivity contribution is 5.86. The second kappa shape index (κ2) is 11.2. The van der Waals surface area contributed by atoms with E-state index in [9.17, 15) is 22.8 Å². The number of ether oxygens (including phenoxy) is 1. The fraction of sp³-hybridized carbons (Fsp3) is 0.370. The van der Waals surface area contributed by atoms with E-state index in [4.69, 9.17) is 4.74 Å². The van der Waals surface area contributed by atoms with Gasteiger partial charge in [0.1, 0.15) is 11.4 Å². The highest BCUT2D eigenvalue weighted by atomic mass is 19.4. The molecule has 2 N–H and O–H groups in total. The summed E-state index contributed by atoms with van der Waals surface area (Å²) in [5, 5.41) is 8.62. The molecule has 1 aliphatic heterocycles. The van der Waals surface area contributed by atoms with E-state index in [0.717, 1.165) is 25.7 Å². The van der Waals surface area contributed by atoms with Gasteiger partial charge in [0, 0.05) is 31.9 Å². The maximum absolute atomic E-state index is 15.2. The van der Waals surface area contributed by atoms with E-state index in [0.29, 0.717) is 29.8 Å². The Morgan fingerprint density at radius 2 is 1.98 bits per heavy atom. The molecule has 14 heteroatoms. The van der Waals surface area contributed by atoms with Gasteiger partial charge < -0.3 is 19.5 Å². The van der Waals surface area contributed by atoms with Gasteiger partial charge in [0.25, 0.3) is 11.1 Å². The van der Waals surface area contributed by atoms with Gasteiger partial charge in [-0.3, -0.25) is 9.59 Å². The first kappa shape index (κ1) is 28.1. The first-order valence-electron chi connectivity index (χ1n) is 13.0. The van der Waals surface area contributed by atoms with Gasteiger partial charge in [-0.2, -0.15) is 18.3 Å². The number of aryl methyl sites for hydroxylation is 1. The monoisotopic (exact) mass is 573 g/mol. The van der Waals surface area contributed by atoms with Crippen LogP contribution in [0.4, 0.5) is 29.1 Å². The number of alkyl halides is 3. The average Bonchev–Trinajstić information content (AvgIpc) is 2.88. The Bertz CT molecular complexity index is 1700. The highest BCUT2D eigenvalue weighted by Crippen LogP contribution is 2.33. The van der Waals surface area contributed by atoms with E-state index in [1.807, 2.05) is 4.90 Å². The van der Waals surface area contributed by atoms with Crippen molar-refractivity contribution >= 4 is 22.3 Å². The van der Waals surface area contributed by atoms with Crippen LogP contribution in [0.2, 0.25) is 0 Å². The summed E-state index contributed by atoms with van der Waals surface area (Å²) in [4.78, 5) is 35.6. The average molecular weight is 574 g/mol. The number of aromatic amines is 1. The van der Waals surface area contributed by atoms with Crippen LogP contribution in [0.15, 0.2) is 46.4 Å². The van der Waals surface area contributed by atoms with Gasteiger partial charge in [-0.05, 0) is 49.8 Å². The van der Waals surface area contributed by atoms with Crippen molar-refractivity contribution in [2.24, 2.45) is 0 Å². The second-order valence-electron chi connectivity index (χ2n) is 9.83. The van der Waals surface area contributed by atoms with Crippen molar-refractivity contribution in [3.05, 3.63) is 68.9 Å². The molecule has 4 heterocycles. The van der Waals surface area contributed by atoms with Gasteiger partial charge in [-0.25, -0.2) is 19.5 Å². The summed E-state index contributed by atoms with van der Waals surface area (Å²) < 4.78 is 61.9. The summed E-state index contributed by atoms with van der Waals surface area (Å²) in [5.41, 5.74) is -3.33. The Balaban J connectivity index is 1.31. The molecule has 1 aromatic carbocycles. The maximum atomic E-state index is 15.2. The molecule has 0 unspecified atom stereocenters. The first-order valence-corrected chi connectivity index (χ1v) is 13.0. The van der Waals surface area contributed by atoms with Crippen molar-refractivity contribution < 1.29 is 22.3 Å². The zero-order valence-electron chi connectivity index (χ0n) is 22.3. The number of fused-ring (bicyclic) bond motifs is 1. The number of pyridine rings is 1. The maximum Gasteiger partial charge on any atom is 0.423 e. The summed E-state index contributed by atoms with van der Waals surface area (Å²) >= 11 is 0. The summed E-state index contributed by atoms with van der Waals surface area (Å²) in [6, 6.07) is 3.95. The lowest BCUT2D eigenvalue weighted by Gasteiger charge is -2.32. The number of nitrogens with zero attached hydrogens (tertiary/aromatic N) is 5. The number of hydrogen-bond acceptors (Lipinski definition) is 8. The van der Waals surface area contributed by atoms with Crippen molar-refractivity contribution in [3.8, 4) is 17.1 Å². The van der Waals surface area contributed by atoms with Crippen LogP contribution < -0.4 is 26.1 Å². The molecule has 216 valence electrons. The molecule has 4 aromatic rings. The third-order valence-corrected chi connectivity index (χ3v) is 6.99. The molecule has 41 heavy (non-hydrogen) atoms. The number of hydrogen-bond donors (Lipinski definition) is 2. The van der Waals surface area contributed by atoms with Crippen LogP contribution in [0.3, 0.4) is 0 Å². The number of halogens is 4. The SMILES string of the molecule is COc1cnc(-c2cc3ccn(CCC[C@H](C)Nc4cn[nH]c(=O)c4C(F)(F)F)c(=O)c3cc2F)nc1N1CCC1. The number of anilines is 2. The summed E-state index contributed by atoms with van der Waals surface area (Å²) in [5.74, 6) is 0.628. The fourth-order valence-electron chi connectivity index (χ4n) is 4.74. The molecule has 0 saturated carbocycles. The molecule has 0 aliphatic carbocycles. The number of H-pyrrole nitrogens is 1. The van der Waals surface area contributed by atoms with Crippen LogP contribution >= 0.6 is 0 Å². The summed E-state index contributed by atoms with van der Waals surface area (Å²) in [7, 11) is 1.52. The zero-order valence-corrected chi connectivity index (χ0v) is 22.3. The van der Waals surface area contributed by atoms with Crippen LogP contribution in [0, 0.1) is 5.82 Å². The Morgan fingerprint density at radius 1 is 1.20 bits per heavy atom. The fourth-order valence-corrected chi connectivity index (χ4v) is 4.74. The molecule has 10 nitrogen and oxygen atoms in total. The molecule has 1 saturated heterocycles. The van der Waals surface area contributed by atoms with E-state index in [1.165, 1.54) is 30.0 Å². The van der Waals surface area contributed by atoms with Crippen molar-refractivity contribution in [3.63, 3.8) is 0 Å². The predicted octanol–water partition coefficient (Wildman–Crippen LogP) is 4.20. The van der Waals surface area contributed by atoms with E-state index in [-0.39, 0.29) is 23.3 Å². The predicted molar refractivity (Wildman–Crippen MR) is 145 cm³/mol. The van der Waals surface area contributed by atoms with Gasteiger partial charge >= 0.3 is 6.18 Å². The van der Waals surface area contributed by atoms with Crippen molar-refractivity contribution in [2.45, 2.75) is 44.9 Å². The lowest BCUT2D eigenvalue weighted by atomic mass is 10.1. The minimum atomic E-state index is -4.84. The van der Waals surface area contributed by atoms with Gasteiger partial charge in [0.15, 0.2) is 17.4 Å². The minimum absolute atomic E-state index is 0.159. The van der Waals surface area contributed by atoms with Gasteiger partial charge in [-0.1, -0.05) is 0 Å². The third kappa shape index (κ3) is 5.72. The standard InChI is InChI=1S/C27H27F4N7O3/c1-15(34-20-13-33-36-25(39)22(20)27(29,30)31)5-3-7-38-10-6-16-11-18(19(28)12-17(16)26(38)40)23-32-14-21(41-2)24(35-23)37-8-4-9-37/h6,10-15H,3-5,7-9H2,1-2H3,(H2,34,36,39)/t15-/m0/s1. The molecule has 0 bridgehead atoms. The van der Waals surface area contributed by atoms with Crippen LogP contribution in [0.25, 0.3) is 22.2 Å². The van der Waals surface area contributed by atoms with Crippen LogP contribution in [-0.4, -0.2) is 51.0 Å². The number of methoxy groups -OCH3 is 1. The Morgan fingerprint density at radius 3 is 2.66 bits per heavy atom. The molecular weight excluding hydrogens is 546 g/mol. The number of aromatic nitrogens is 5. The van der Waals surface area contributed by atoms with E-state index in [1.54, 1.807) is 24.3 Å². The smallest absolute Gasteiger partial charge is 0.423 e. The van der Waals surface area contributed by atoms with Crippen molar-refractivity contribution in [2.75, 3.05) is 30.4 Å². The first-order chi connectivity index (χ1) is 19.6.